The number of hydrogen-bond acceptors (Lipinski definition) is 5. The molecule has 1 aromatic carbocycles. The van der Waals surface area contributed by atoms with Gasteiger partial charge >= 0.3 is 10.4 Å². The van der Waals surface area contributed by atoms with Crippen LogP contribution in [0.15, 0.2) is 24.3 Å². The Hall–Kier alpha value is -1.62. The van der Waals surface area contributed by atoms with Crippen molar-refractivity contribution < 1.29 is 17.2 Å². The number of hydrogen-bond donors (Lipinski definition) is 1. The van der Waals surface area contributed by atoms with Gasteiger partial charge in [0.2, 0.25) is 0 Å². The summed E-state index contributed by atoms with van der Waals surface area (Å²) in [6.45, 7) is 2.51. The molecule has 0 saturated heterocycles. The molecule has 0 aliphatic rings. The molecule has 0 fully saturated rings. The second-order valence-corrected chi connectivity index (χ2v) is 5.08. The predicted octanol–water partition coefficient (Wildman–Crippen LogP) is 1.53. The fourth-order valence-corrected chi connectivity index (χ4v) is 1.92. The molecule has 0 bridgehead atoms. The lowest BCUT2D eigenvalue weighted by Gasteiger charge is -2.23. The number of anilines is 1. The molecule has 0 aliphatic heterocycles. The van der Waals surface area contributed by atoms with Gasteiger partial charge in [-0.15, -0.1) is 0 Å². The quantitative estimate of drug-likeness (QED) is 0.764. The van der Waals surface area contributed by atoms with E-state index in [0.717, 1.165) is 11.3 Å². The van der Waals surface area contributed by atoms with E-state index in [0.29, 0.717) is 13.0 Å². The highest BCUT2D eigenvalue weighted by atomic mass is 32.3. The van der Waals surface area contributed by atoms with Gasteiger partial charge in [0.15, 0.2) is 0 Å². The Balaban J connectivity index is 2.69. The van der Waals surface area contributed by atoms with E-state index < -0.39 is 10.4 Å². The smallest absolute Gasteiger partial charge is 0.368 e. The molecule has 19 heavy (non-hydrogen) atoms. The zero-order chi connectivity index (χ0) is 14.3. The van der Waals surface area contributed by atoms with Crippen molar-refractivity contribution in [2.75, 3.05) is 24.6 Å². The molecule has 0 unspecified atom stereocenters. The molecule has 0 radical (unpaired) electrons. The van der Waals surface area contributed by atoms with Gasteiger partial charge in [0.05, 0.1) is 19.1 Å². The fraction of sp³-hybridized carbons (Fsp3) is 0.417. The van der Waals surface area contributed by atoms with Crippen LogP contribution < -0.4 is 4.90 Å². The van der Waals surface area contributed by atoms with Crippen LogP contribution in [0.4, 0.5) is 5.69 Å². The van der Waals surface area contributed by atoms with Gasteiger partial charge in [-0.3, -0.25) is 4.55 Å². The molecule has 1 N–H and O–H groups in total. The highest BCUT2D eigenvalue weighted by Crippen LogP contribution is 2.16. The van der Waals surface area contributed by atoms with Crippen LogP contribution in [0, 0.1) is 18.3 Å². The van der Waals surface area contributed by atoms with Crippen molar-refractivity contribution in [1.82, 2.24) is 0 Å². The van der Waals surface area contributed by atoms with Gasteiger partial charge in [-0.25, -0.2) is 4.18 Å². The molecule has 6 nitrogen and oxygen atoms in total. The summed E-state index contributed by atoms with van der Waals surface area (Å²) in [7, 11) is -4.42. The average molecular weight is 284 g/mol. The lowest BCUT2D eigenvalue weighted by Crippen LogP contribution is -2.29. The standard InChI is InChI=1S/C12H16N2O4S/c1-11-4-2-5-12(10-11)14(7-3-6-13)8-9-18-19(15,16)17/h2,4-5,10H,3,7-9H2,1H3,(H,15,16,17). The summed E-state index contributed by atoms with van der Waals surface area (Å²) in [5, 5.41) is 8.63. The van der Waals surface area contributed by atoms with Gasteiger partial charge in [0.25, 0.3) is 0 Å². The van der Waals surface area contributed by atoms with Crippen LogP contribution in [0.25, 0.3) is 0 Å². The number of nitriles is 1. The molecule has 0 spiro atoms. The lowest BCUT2D eigenvalue weighted by molar-refractivity contribution is 0.273. The van der Waals surface area contributed by atoms with Crippen LogP contribution in [-0.2, 0) is 14.6 Å². The van der Waals surface area contributed by atoms with Crippen molar-refractivity contribution in [3.8, 4) is 6.07 Å². The van der Waals surface area contributed by atoms with Gasteiger partial charge in [-0.1, -0.05) is 12.1 Å². The monoisotopic (exact) mass is 284 g/mol. The largest absolute Gasteiger partial charge is 0.397 e. The minimum Gasteiger partial charge on any atom is -0.368 e. The van der Waals surface area contributed by atoms with E-state index >= 15 is 0 Å². The second-order valence-electron chi connectivity index (χ2n) is 3.98. The average Bonchev–Trinajstić information content (AvgIpc) is 2.32. The van der Waals surface area contributed by atoms with E-state index in [4.69, 9.17) is 9.81 Å². The number of rotatable bonds is 7. The summed E-state index contributed by atoms with van der Waals surface area (Å²) in [6, 6.07) is 9.67. The topological polar surface area (TPSA) is 90.6 Å². The lowest BCUT2D eigenvalue weighted by atomic mass is 10.2. The summed E-state index contributed by atoms with van der Waals surface area (Å²) in [4.78, 5) is 1.83. The van der Waals surface area contributed by atoms with Gasteiger partial charge in [0, 0.05) is 18.8 Å². The molecule has 0 heterocycles. The molecule has 0 atom stereocenters. The second kappa shape index (κ2) is 7.09. The molecule has 7 heteroatoms. The Morgan fingerprint density at radius 3 is 2.74 bits per heavy atom. The SMILES string of the molecule is Cc1cccc(N(CCC#N)CCOS(=O)(=O)O)c1. The van der Waals surface area contributed by atoms with E-state index in [1.165, 1.54) is 0 Å². The Labute approximate surface area is 113 Å². The van der Waals surface area contributed by atoms with Crippen molar-refractivity contribution in [3.63, 3.8) is 0 Å². The van der Waals surface area contributed by atoms with Crippen molar-refractivity contribution in [3.05, 3.63) is 29.8 Å². The van der Waals surface area contributed by atoms with Crippen LogP contribution >= 0.6 is 0 Å². The predicted molar refractivity (Wildman–Crippen MR) is 71.1 cm³/mol. The van der Waals surface area contributed by atoms with Crippen LogP contribution in [0.5, 0.6) is 0 Å². The first-order chi connectivity index (χ1) is 8.92. The summed E-state index contributed by atoms with van der Waals surface area (Å²) < 4.78 is 33.8. The maximum absolute atomic E-state index is 10.5. The third kappa shape index (κ3) is 6.20. The minimum atomic E-state index is -4.42. The summed E-state index contributed by atoms with van der Waals surface area (Å²) in [5.41, 5.74) is 1.95. The molecule has 0 aromatic heterocycles. The molecule has 0 amide bonds. The molecule has 1 aromatic rings. The third-order valence-electron chi connectivity index (χ3n) is 2.45. The van der Waals surface area contributed by atoms with Crippen LogP contribution in [0.1, 0.15) is 12.0 Å². The Morgan fingerprint density at radius 1 is 1.42 bits per heavy atom. The highest BCUT2D eigenvalue weighted by Gasteiger charge is 2.09. The number of benzene rings is 1. The van der Waals surface area contributed by atoms with E-state index in [9.17, 15) is 8.42 Å². The van der Waals surface area contributed by atoms with Crippen LogP contribution in [-0.4, -0.2) is 32.7 Å². The Morgan fingerprint density at radius 2 is 2.16 bits per heavy atom. The molecule has 0 aliphatic carbocycles. The van der Waals surface area contributed by atoms with E-state index in [1.807, 2.05) is 42.2 Å². The molecular weight excluding hydrogens is 268 g/mol. The molecule has 1 rings (SSSR count). The number of aryl methyl sites for hydroxylation is 1. The maximum atomic E-state index is 10.5. The normalized spacial score (nSPS) is 11.0. The fourth-order valence-electron chi connectivity index (χ4n) is 1.63. The summed E-state index contributed by atoms with van der Waals surface area (Å²) >= 11 is 0. The van der Waals surface area contributed by atoms with E-state index in [-0.39, 0.29) is 13.2 Å². The first-order valence-electron chi connectivity index (χ1n) is 5.73. The molecule has 0 saturated carbocycles. The first-order valence-corrected chi connectivity index (χ1v) is 7.09. The zero-order valence-electron chi connectivity index (χ0n) is 10.6. The van der Waals surface area contributed by atoms with E-state index in [1.54, 1.807) is 0 Å². The third-order valence-corrected chi connectivity index (χ3v) is 2.92. The van der Waals surface area contributed by atoms with Gasteiger partial charge in [-0.05, 0) is 24.6 Å². The highest BCUT2D eigenvalue weighted by molar-refractivity contribution is 7.80. The number of nitrogens with zero attached hydrogens (tertiary/aromatic N) is 2. The zero-order valence-corrected chi connectivity index (χ0v) is 11.4. The van der Waals surface area contributed by atoms with Crippen molar-refractivity contribution in [2.45, 2.75) is 13.3 Å². The molecule has 104 valence electrons. The van der Waals surface area contributed by atoms with Crippen molar-refractivity contribution in [2.24, 2.45) is 0 Å². The van der Waals surface area contributed by atoms with Gasteiger partial charge in [-0.2, -0.15) is 13.7 Å². The first kappa shape index (κ1) is 15.4. The summed E-state index contributed by atoms with van der Waals surface area (Å²) in [6.07, 6.45) is 0.319. The Bertz CT molecular complexity index is 551. The molecular formula is C12H16N2O4S. The van der Waals surface area contributed by atoms with Crippen molar-refractivity contribution in [1.29, 1.82) is 5.26 Å². The van der Waals surface area contributed by atoms with Crippen LogP contribution in [0.2, 0.25) is 0 Å². The van der Waals surface area contributed by atoms with Gasteiger partial charge in [0.1, 0.15) is 0 Å². The Kier molecular flexibility index (Phi) is 5.76. The van der Waals surface area contributed by atoms with Gasteiger partial charge < -0.3 is 4.90 Å². The maximum Gasteiger partial charge on any atom is 0.397 e. The van der Waals surface area contributed by atoms with Crippen molar-refractivity contribution >= 4 is 16.1 Å². The minimum absolute atomic E-state index is 0.168. The summed E-state index contributed by atoms with van der Waals surface area (Å²) in [5.74, 6) is 0. The van der Waals surface area contributed by atoms with Crippen LogP contribution in [0.3, 0.4) is 0 Å². The van der Waals surface area contributed by atoms with E-state index in [2.05, 4.69) is 4.18 Å².